The van der Waals surface area contributed by atoms with Crippen LogP contribution >= 0.6 is 11.8 Å². The average Bonchev–Trinajstić information content (AvgIpc) is 3.05. The lowest BCUT2D eigenvalue weighted by Crippen LogP contribution is -2.38. The molecule has 8 heteroatoms. The zero-order valence-electron chi connectivity index (χ0n) is 13.4. The molecular formula is C16H17N3O4S. The van der Waals surface area contributed by atoms with E-state index < -0.39 is 0 Å². The summed E-state index contributed by atoms with van der Waals surface area (Å²) in [6.45, 7) is 4.34. The Balaban J connectivity index is 1.59. The molecule has 7 nitrogen and oxygen atoms in total. The van der Waals surface area contributed by atoms with Crippen molar-refractivity contribution in [1.82, 2.24) is 15.4 Å². The van der Waals surface area contributed by atoms with Crippen LogP contribution in [0.5, 0.6) is 0 Å². The molecule has 3 rings (SSSR count). The highest BCUT2D eigenvalue weighted by Gasteiger charge is 2.29. The number of carbonyl (C=O) groups is 3. The third-order valence-electron chi connectivity index (χ3n) is 3.81. The lowest BCUT2D eigenvalue weighted by Gasteiger charge is -2.12. The Morgan fingerprint density at radius 1 is 1.38 bits per heavy atom. The number of aryl methyl sites for hydroxylation is 2. The molecule has 1 aromatic heterocycles. The number of carbonyl (C=O) groups excluding carboxylic acids is 3. The van der Waals surface area contributed by atoms with Gasteiger partial charge >= 0.3 is 0 Å². The van der Waals surface area contributed by atoms with Gasteiger partial charge in [0.05, 0.1) is 12.2 Å². The van der Waals surface area contributed by atoms with Crippen LogP contribution in [0.3, 0.4) is 0 Å². The molecule has 3 amide bonds. The van der Waals surface area contributed by atoms with Crippen molar-refractivity contribution in [2.24, 2.45) is 0 Å². The van der Waals surface area contributed by atoms with Crippen LogP contribution in [0.1, 0.15) is 16.8 Å². The molecule has 2 aromatic rings. The van der Waals surface area contributed by atoms with E-state index in [9.17, 15) is 14.4 Å². The molecule has 1 saturated heterocycles. The molecule has 1 aliphatic heterocycles. The Bertz CT molecular complexity index is 814. The monoisotopic (exact) mass is 347 g/mol. The number of rotatable bonds is 5. The number of hydrogen-bond acceptors (Lipinski definition) is 6. The predicted molar refractivity (Wildman–Crippen MR) is 89.8 cm³/mol. The summed E-state index contributed by atoms with van der Waals surface area (Å²) in [5.74, 6) is -0.263. The molecule has 2 heterocycles. The van der Waals surface area contributed by atoms with Crippen LogP contribution in [0.25, 0.3) is 11.0 Å². The Kier molecular flexibility index (Phi) is 4.57. The molecule has 0 bridgehead atoms. The molecule has 1 aromatic carbocycles. The maximum Gasteiger partial charge on any atom is 0.288 e. The van der Waals surface area contributed by atoms with Gasteiger partial charge in [-0.15, -0.1) is 0 Å². The van der Waals surface area contributed by atoms with E-state index in [1.807, 2.05) is 26.0 Å². The predicted octanol–water partition coefficient (Wildman–Crippen LogP) is 1.80. The Morgan fingerprint density at radius 2 is 2.17 bits per heavy atom. The fourth-order valence-electron chi connectivity index (χ4n) is 2.76. The Hall–Kier alpha value is -2.35. The van der Waals surface area contributed by atoms with E-state index in [-0.39, 0.29) is 42.3 Å². The molecule has 0 unspecified atom stereocenters. The fourth-order valence-corrected chi connectivity index (χ4v) is 3.51. The third-order valence-corrected chi connectivity index (χ3v) is 4.67. The number of benzene rings is 1. The quantitative estimate of drug-likeness (QED) is 0.886. The minimum absolute atomic E-state index is 0.0908. The van der Waals surface area contributed by atoms with Crippen molar-refractivity contribution in [3.63, 3.8) is 0 Å². The van der Waals surface area contributed by atoms with Crippen LogP contribution in [-0.4, -0.2) is 46.0 Å². The highest BCUT2D eigenvalue weighted by Crippen LogP contribution is 2.24. The fraction of sp³-hybridized carbons (Fsp3) is 0.375. The first-order valence-electron chi connectivity index (χ1n) is 7.55. The molecule has 0 spiro atoms. The normalized spacial score (nSPS) is 14.7. The topological polar surface area (TPSA) is 92.5 Å². The van der Waals surface area contributed by atoms with Gasteiger partial charge in [-0.1, -0.05) is 23.0 Å². The zero-order valence-corrected chi connectivity index (χ0v) is 14.2. The van der Waals surface area contributed by atoms with E-state index in [1.165, 1.54) is 0 Å². The molecule has 24 heavy (non-hydrogen) atoms. The number of nitrogens with zero attached hydrogens (tertiary/aromatic N) is 2. The number of fused-ring (bicyclic) bond motifs is 1. The summed E-state index contributed by atoms with van der Waals surface area (Å²) >= 11 is 0.983. The van der Waals surface area contributed by atoms with Gasteiger partial charge in [0.25, 0.3) is 5.24 Å². The van der Waals surface area contributed by atoms with E-state index in [4.69, 9.17) is 4.52 Å². The Morgan fingerprint density at radius 3 is 2.88 bits per heavy atom. The second-order valence-corrected chi connectivity index (χ2v) is 6.64. The summed E-state index contributed by atoms with van der Waals surface area (Å²) in [7, 11) is 0. The van der Waals surface area contributed by atoms with E-state index in [2.05, 4.69) is 10.5 Å². The Labute approximate surface area is 142 Å². The summed E-state index contributed by atoms with van der Waals surface area (Å²) < 4.78 is 5.30. The first kappa shape index (κ1) is 16.5. The molecule has 0 atom stereocenters. The highest BCUT2D eigenvalue weighted by molar-refractivity contribution is 8.14. The molecule has 1 N–H and O–H groups in total. The molecule has 126 valence electrons. The standard InChI is InChI=1S/C16H17N3O4S/c1-9-5-10(2)15-11(18-23-12(15)6-9)7-13(20)17-3-4-19-14(21)8-24-16(19)22/h5-6H,3-4,7-8H2,1-2H3,(H,17,20). The summed E-state index contributed by atoms with van der Waals surface area (Å²) in [6, 6.07) is 3.90. The number of hydrogen-bond donors (Lipinski definition) is 1. The van der Waals surface area contributed by atoms with Crippen LogP contribution in [-0.2, 0) is 16.0 Å². The van der Waals surface area contributed by atoms with E-state index >= 15 is 0 Å². The number of amides is 3. The van der Waals surface area contributed by atoms with Crippen molar-refractivity contribution >= 4 is 39.8 Å². The largest absolute Gasteiger partial charge is 0.356 e. The van der Waals surface area contributed by atoms with Gasteiger partial charge in [-0.05, 0) is 31.0 Å². The van der Waals surface area contributed by atoms with E-state index in [0.29, 0.717) is 11.3 Å². The number of thioether (sulfide) groups is 1. The van der Waals surface area contributed by atoms with Gasteiger partial charge in [-0.2, -0.15) is 0 Å². The van der Waals surface area contributed by atoms with Crippen molar-refractivity contribution in [3.05, 3.63) is 29.0 Å². The van der Waals surface area contributed by atoms with Gasteiger partial charge in [-0.3, -0.25) is 19.3 Å². The highest BCUT2D eigenvalue weighted by atomic mass is 32.2. The van der Waals surface area contributed by atoms with Crippen molar-refractivity contribution in [2.45, 2.75) is 20.3 Å². The second-order valence-electron chi connectivity index (χ2n) is 5.71. The average molecular weight is 347 g/mol. The molecule has 0 saturated carbocycles. The maximum atomic E-state index is 12.1. The van der Waals surface area contributed by atoms with E-state index in [0.717, 1.165) is 33.2 Å². The van der Waals surface area contributed by atoms with Crippen LogP contribution in [0.2, 0.25) is 0 Å². The first-order valence-corrected chi connectivity index (χ1v) is 8.53. The summed E-state index contributed by atoms with van der Waals surface area (Å²) in [4.78, 5) is 36.2. The lowest BCUT2D eigenvalue weighted by molar-refractivity contribution is -0.125. The maximum absolute atomic E-state index is 12.1. The van der Waals surface area contributed by atoms with E-state index in [1.54, 1.807) is 0 Å². The summed E-state index contributed by atoms with van der Waals surface area (Å²) in [5, 5.41) is 7.29. The smallest absolute Gasteiger partial charge is 0.288 e. The minimum Gasteiger partial charge on any atom is -0.356 e. The zero-order chi connectivity index (χ0) is 17.3. The van der Waals surface area contributed by atoms with Gasteiger partial charge in [0.1, 0.15) is 5.69 Å². The van der Waals surface area contributed by atoms with Gasteiger partial charge in [0, 0.05) is 18.5 Å². The first-order chi connectivity index (χ1) is 11.5. The molecule has 0 aliphatic carbocycles. The van der Waals surface area contributed by atoms with Crippen LogP contribution in [0.4, 0.5) is 4.79 Å². The second kappa shape index (κ2) is 6.64. The number of nitrogens with one attached hydrogen (secondary N) is 1. The van der Waals surface area contributed by atoms with Crippen molar-refractivity contribution in [2.75, 3.05) is 18.8 Å². The van der Waals surface area contributed by atoms with Gasteiger partial charge in [0.2, 0.25) is 11.8 Å². The molecular weight excluding hydrogens is 330 g/mol. The number of aromatic nitrogens is 1. The molecule has 0 radical (unpaired) electrons. The van der Waals surface area contributed by atoms with Gasteiger partial charge < -0.3 is 9.84 Å². The minimum atomic E-state index is -0.261. The van der Waals surface area contributed by atoms with Crippen LogP contribution < -0.4 is 5.32 Å². The summed E-state index contributed by atoms with van der Waals surface area (Å²) in [6.07, 6.45) is 0.0908. The SMILES string of the molecule is Cc1cc(C)c2c(CC(=O)NCCN3C(=O)CSC3=O)noc2c1. The van der Waals surface area contributed by atoms with Crippen LogP contribution in [0, 0.1) is 13.8 Å². The van der Waals surface area contributed by atoms with Crippen molar-refractivity contribution in [3.8, 4) is 0 Å². The van der Waals surface area contributed by atoms with Gasteiger partial charge in [-0.25, -0.2) is 0 Å². The molecule has 1 fully saturated rings. The number of imide groups is 1. The van der Waals surface area contributed by atoms with Crippen molar-refractivity contribution < 1.29 is 18.9 Å². The lowest BCUT2D eigenvalue weighted by atomic mass is 10.0. The van der Waals surface area contributed by atoms with Crippen molar-refractivity contribution in [1.29, 1.82) is 0 Å². The summed E-state index contributed by atoms with van der Waals surface area (Å²) in [5.41, 5.74) is 3.34. The van der Waals surface area contributed by atoms with Gasteiger partial charge in [0.15, 0.2) is 5.58 Å². The van der Waals surface area contributed by atoms with Crippen LogP contribution in [0.15, 0.2) is 16.7 Å². The third kappa shape index (κ3) is 3.28. The molecule has 1 aliphatic rings.